The molecule has 1 aromatic carbocycles. The fraction of sp³-hybridized carbons (Fsp3) is 0.562. The van der Waals surface area contributed by atoms with Crippen LogP contribution < -0.4 is 9.62 Å². The van der Waals surface area contributed by atoms with E-state index < -0.39 is 10.0 Å². The third kappa shape index (κ3) is 3.27. The number of hydrogen-bond donors (Lipinski definition) is 1. The summed E-state index contributed by atoms with van der Waals surface area (Å²) in [7, 11) is -3.53. The van der Waals surface area contributed by atoms with Crippen LogP contribution in [-0.2, 0) is 26.0 Å². The zero-order chi connectivity index (χ0) is 16.6. The predicted octanol–water partition coefficient (Wildman–Crippen LogP) is 1.30. The SMILES string of the molecule is CC(=O)N1c2ccc(S(=O)(=O)NC[C@@H]3CCOC3)cc2C[C@@H]1C. The van der Waals surface area contributed by atoms with Gasteiger partial charge in [0.25, 0.3) is 0 Å². The summed E-state index contributed by atoms with van der Waals surface area (Å²) in [5.41, 5.74) is 1.72. The summed E-state index contributed by atoms with van der Waals surface area (Å²) >= 11 is 0. The largest absolute Gasteiger partial charge is 0.381 e. The van der Waals surface area contributed by atoms with Crippen molar-refractivity contribution in [3.63, 3.8) is 0 Å². The average Bonchev–Trinajstić information content (AvgIpc) is 3.10. The number of hydrogen-bond acceptors (Lipinski definition) is 4. The molecule has 2 atom stereocenters. The summed E-state index contributed by atoms with van der Waals surface area (Å²) < 4.78 is 32.8. The third-order valence-electron chi connectivity index (χ3n) is 4.50. The van der Waals surface area contributed by atoms with Crippen molar-refractivity contribution < 1.29 is 17.9 Å². The molecule has 1 aromatic rings. The van der Waals surface area contributed by atoms with Crippen molar-refractivity contribution in [1.29, 1.82) is 0 Å². The first-order valence-electron chi connectivity index (χ1n) is 7.88. The molecular formula is C16H22N2O4S. The van der Waals surface area contributed by atoms with E-state index in [0.29, 0.717) is 26.2 Å². The summed E-state index contributed by atoms with van der Waals surface area (Å²) in [5, 5.41) is 0. The van der Waals surface area contributed by atoms with E-state index in [1.165, 1.54) is 6.92 Å². The van der Waals surface area contributed by atoms with E-state index in [4.69, 9.17) is 4.74 Å². The fourth-order valence-corrected chi connectivity index (χ4v) is 4.48. The maximum absolute atomic E-state index is 12.5. The molecule has 1 N–H and O–H groups in total. The molecule has 1 amide bonds. The quantitative estimate of drug-likeness (QED) is 0.898. The van der Waals surface area contributed by atoms with Gasteiger partial charge in [-0.05, 0) is 49.4 Å². The Morgan fingerprint density at radius 2 is 2.22 bits per heavy atom. The maximum atomic E-state index is 12.5. The van der Waals surface area contributed by atoms with Gasteiger partial charge in [0.15, 0.2) is 0 Å². The second kappa shape index (κ2) is 6.22. The Hall–Kier alpha value is -1.44. The van der Waals surface area contributed by atoms with E-state index in [9.17, 15) is 13.2 Å². The van der Waals surface area contributed by atoms with Crippen molar-refractivity contribution >= 4 is 21.6 Å². The summed E-state index contributed by atoms with van der Waals surface area (Å²) in [6, 6.07) is 5.04. The number of anilines is 1. The van der Waals surface area contributed by atoms with Gasteiger partial charge in [0, 0.05) is 31.8 Å². The number of ether oxygens (including phenoxy) is 1. The van der Waals surface area contributed by atoms with Crippen LogP contribution >= 0.6 is 0 Å². The van der Waals surface area contributed by atoms with Crippen LogP contribution in [0.15, 0.2) is 23.1 Å². The Kier molecular flexibility index (Phi) is 4.44. The van der Waals surface area contributed by atoms with Crippen molar-refractivity contribution in [1.82, 2.24) is 4.72 Å². The lowest BCUT2D eigenvalue weighted by Crippen LogP contribution is -2.33. The average molecular weight is 338 g/mol. The first kappa shape index (κ1) is 16.4. The smallest absolute Gasteiger partial charge is 0.240 e. The van der Waals surface area contributed by atoms with Gasteiger partial charge < -0.3 is 9.64 Å². The Balaban J connectivity index is 1.79. The first-order chi connectivity index (χ1) is 10.9. The fourth-order valence-electron chi connectivity index (χ4n) is 3.31. The summed E-state index contributed by atoms with van der Waals surface area (Å²) in [6.07, 6.45) is 1.56. The zero-order valence-corrected chi connectivity index (χ0v) is 14.2. The molecule has 2 heterocycles. The topological polar surface area (TPSA) is 75.7 Å². The molecule has 0 bridgehead atoms. The molecule has 0 unspecified atom stereocenters. The minimum absolute atomic E-state index is 0.0220. The molecule has 2 aliphatic rings. The lowest BCUT2D eigenvalue weighted by atomic mass is 10.1. The molecule has 126 valence electrons. The van der Waals surface area contributed by atoms with E-state index in [1.807, 2.05) is 6.92 Å². The van der Waals surface area contributed by atoms with E-state index in [0.717, 1.165) is 17.7 Å². The highest BCUT2D eigenvalue weighted by atomic mass is 32.2. The van der Waals surface area contributed by atoms with Gasteiger partial charge in [-0.15, -0.1) is 0 Å². The van der Waals surface area contributed by atoms with Gasteiger partial charge in [0.1, 0.15) is 0 Å². The van der Waals surface area contributed by atoms with Crippen LogP contribution in [0.25, 0.3) is 0 Å². The van der Waals surface area contributed by atoms with Gasteiger partial charge in [-0.1, -0.05) is 0 Å². The van der Waals surface area contributed by atoms with Crippen LogP contribution in [0, 0.1) is 5.92 Å². The summed E-state index contributed by atoms with van der Waals surface area (Å²) in [5.74, 6) is 0.221. The van der Waals surface area contributed by atoms with Crippen molar-refractivity contribution in [2.75, 3.05) is 24.7 Å². The highest BCUT2D eigenvalue weighted by Crippen LogP contribution is 2.33. The molecule has 2 aliphatic heterocycles. The second-order valence-electron chi connectivity index (χ2n) is 6.31. The molecule has 3 rings (SSSR count). The summed E-state index contributed by atoms with van der Waals surface area (Å²) in [4.78, 5) is 13.7. The van der Waals surface area contributed by atoms with Crippen LogP contribution in [0.1, 0.15) is 25.8 Å². The summed E-state index contributed by atoms with van der Waals surface area (Å²) in [6.45, 7) is 5.20. The van der Waals surface area contributed by atoms with Crippen LogP contribution in [0.3, 0.4) is 0 Å². The molecular weight excluding hydrogens is 316 g/mol. The van der Waals surface area contributed by atoms with Crippen molar-refractivity contribution in [3.8, 4) is 0 Å². The molecule has 0 spiro atoms. The monoisotopic (exact) mass is 338 g/mol. The van der Waals surface area contributed by atoms with Crippen LogP contribution in [0.5, 0.6) is 0 Å². The number of nitrogens with zero attached hydrogens (tertiary/aromatic N) is 1. The normalized spacial score (nSPS) is 24.0. The Morgan fingerprint density at radius 1 is 1.43 bits per heavy atom. The number of carbonyl (C=O) groups is 1. The maximum Gasteiger partial charge on any atom is 0.240 e. The van der Waals surface area contributed by atoms with Gasteiger partial charge in [-0.3, -0.25) is 4.79 Å². The van der Waals surface area contributed by atoms with E-state index >= 15 is 0 Å². The van der Waals surface area contributed by atoms with E-state index in [2.05, 4.69) is 4.72 Å². The molecule has 6 nitrogen and oxygen atoms in total. The number of fused-ring (bicyclic) bond motifs is 1. The molecule has 7 heteroatoms. The standard InChI is InChI=1S/C16H22N2O4S/c1-11-7-14-8-15(3-4-16(14)18(11)12(2)19)23(20,21)17-9-13-5-6-22-10-13/h3-4,8,11,13,17H,5-7,9-10H2,1-2H3/t11-,13-/m0/s1. The Bertz CT molecular complexity index is 711. The lowest BCUT2D eigenvalue weighted by molar-refractivity contribution is -0.116. The van der Waals surface area contributed by atoms with Gasteiger partial charge in [0.2, 0.25) is 15.9 Å². The lowest BCUT2D eigenvalue weighted by Gasteiger charge is -2.20. The molecule has 0 radical (unpaired) electrons. The van der Waals surface area contributed by atoms with Crippen molar-refractivity contribution in [3.05, 3.63) is 23.8 Å². The van der Waals surface area contributed by atoms with Gasteiger partial charge >= 0.3 is 0 Å². The minimum atomic E-state index is -3.53. The van der Waals surface area contributed by atoms with E-state index in [-0.39, 0.29) is 22.8 Å². The van der Waals surface area contributed by atoms with Crippen LogP contribution in [0.4, 0.5) is 5.69 Å². The first-order valence-corrected chi connectivity index (χ1v) is 9.37. The zero-order valence-electron chi connectivity index (χ0n) is 13.4. The number of sulfonamides is 1. The molecule has 0 aromatic heterocycles. The molecule has 0 aliphatic carbocycles. The minimum Gasteiger partial charge on any atom is -0.381 e. The Labute approximate surface area is 136 Å². The number of nitrogens with one attached hydrogen (secondary N) is 1. The van der Waals surface area contributed by atoms with Gasteiger partial charge in [0.05, 0.1) is 11.5 Å². The number of benzene rings is 1. The van der Waals surface area contributed by atoms with Crippen molar-refractivity contribution in [2.24, 2.45) is 5.92 Å². The third-order valence-corrected chi connectivity index (χ3v) is 5.92. The predicted molar refractivity (Wildman–Crippen MR) is 86.9 cm³/mol. The number of rotatable bonds is 4. The van der Waals surface area contributed by atoms with E-state index in [1.54, 1.807) is 23.1 Å². The Morgan fingerprint density at radius 3 is 2.87 bits per heavy atom. The van der Waals surface area contributed by atoms with Crippen molar-refractivity contribution in [2.45, 2.75) is 37.6 Å². The van der Waals surface area contributed by atoms with Crippen LogP contribution in [0.2, 0.25) is 0 Å². The highest BCUT2D eigenvalue weighted by Gasteiger charge is 2.30. The second-order valence-corrected chi connectivity index (χ2v) is 8.08. The molecule has 0 saturated carbocycles. The number of amides is 1. The van der Waals surface area contributed by atoms with Gasteiger partial charge in [-0.2, -0.15) is 0 Å². The molecule has 23 heavy (non-hydrogen) atoms. The molecule has 1 fully saturated rings. The van der Waals surface area contributed by atoms with Gasteiger partial charge in [-0.25, -0.2) is 13.1 Å². The molecule has 1 saturated heterocycles. The van der Waals surface area contributed by atoms with Crippen LogP contribution in [-0.4, -0.2) is 40.1 Å². The highest BCUT2D eigenvalue weighted by molar-refractivity contribution is 7.89. The number of carbonyl (C=O) groups excluding carboxylic acids is 1.